The SMILES string of the molecule is COc1nc(N2CCOCC2)cc(-n2ncc3cc(C)c(C4CCN(C5CCOC5)CC4)cc32)n1.COc1nc(N2CCOCC2)cc(-n2ncc3cc(C)c(C4CCN(C5CCOC5)CC4)cc32)n1. The Morgan fingerprint density at radius 3 is 1.23 bits per heavy atom. The zero-order valence-corrected chi connectivity index (χ0v) is 41.3. The van der Waals surface area contributed by atoms with Gasteiger partial charge < -0.3 is 38.2 Å². The van der Waals surface area contributed by atoms with E-state index in [0.717, 1.165) is 124 Å². The number of methoxy groups -OCH3 is 2. The molecule has 70 heavy (non-hydrogen) atoms. The van der Waals surface area contributed by atoms with Crippen LogP contribution >= 0.6 is 0 Å². The second kappa shape index (κ2) is 21.1. The summed E-state index contributed by atoms with van der Waals surface area (Å²) in [6.45, 7) is 18.6. The van der Waals surface area contributed by atoms with Crippen molar-refractivity contribution in [1.29, 1.82) is 0 Å². The van der Waals surface area contributed by atoms with Crippen LogP contribution in [0.3, 0.4) is 0 Å². The third kappa shape index (κ3) is 9.90. The average Bonchev–Trinajstić information content (AvgIpc) is 4.28. The van der Waals surface area contributed by atoms with Gasteiger partial charge in [-0.15, -0.1) is 0 Å². The van der Waals surface area contributed by atoms with Crippen LogP contribution in [0.15, 0.2) is 48.8 Å². The van der Waals surface area contributed by atoms with E-state index in [1.165, 1.54) is 60.8 Å². The number of aryl methyl sites for hydroxylation is 2. The standard InChI is InChI=1S/2C26H34N6O3/c2*1-18-13-20-16-27-32(25-15-24(28-26(29-25)33-2)31-8-11-34-12-9-31)23(20)14-22(18)19-3-6-30(7-4-19)21-5-10-35-17-21/h2*13-16,19,21H,3-12,17H2,1-2H3. The van der Waals surface area contributed by atoms with Crippen molar-refractivity contribution < 1.29 is 28.4 Å². The first-order chi connectivity index (χ1) is 34.4. The molecule has 2 unspecified atom stereocenters. The molecule has 0 bridgehead atoms. The number of hydrogen-bond donors (Lipinski definition) is 0. The maximum atomic E-state index is 5.62. The van der Waals surface area contributed by atoms with Crippen LogP contribution in [-0.4, -0.2) is 181 Å². The second-order valence-corrected chi connectivity index (χ2v) is 19.6. The van der Waals surface area contributed by atoms with Gasteiger partial charge in [-0.1, -0.05) is 0 Å². The minimum atomic E-state index is 0.350. The minimum Gasteiger partial charge on any atom is -0.467 e. The van der Waals surface area contributed by atoms with Gasteiger partial charge in [-0.3, -0.25) is 9.80 Å². The summed E-state index contributed by atoms with van der Waals surface area (Å²) in [5.41, 5.74) is 7.69. The molecule has 2 atom stereocenters. The van der Waals surface area contributed by atoms with Crippen molar-refractivity contribution in [2.45, 2.75) is 76.3 Å². The summed E-state index contributed by atoms with van der Waals surface area (Å²) in [5.74, 6) is 4.25. The molecule has 0 aliphatic carbocycles. The van der Waals surface area contributed by atoms with Gasteiger partial charge in [-0.2, -0.15) is 30.1 Å². The van der Waals surface area contributed by atoms with Crippen molar-refractivity contribution in [1.82, 2.24) is 49.3 Å². The Morgan fingerprint density at radius 1 is 0.457 bits per heavy atom. The molecule has 4 aromatic heterocycles. The number of fused-ring (bicyclic) bond motifs is 2. The number of nitrogens with zero attached hydrogens (tertiary/aromatic N) is 12. The van der Waals surface area contributed by atoms with E-state index in [2.05, 4.69) is 77.6 Å². The molecule has 372 valence electrons. The molecule has 6 aliphatic rings. The van der Waals surface area contributed by atoms with E-state index in [4.69, 9.17) is 38.6 Å². The fourth-order valence-electron chi connectivity index (χ4n) is 11.5. The van der Waals surface area contributed by atoms with Crippen molar-refractivity contribution in [3.63, 3.8) is 0 Å². The number of rotatable bonds is 10. The number of likely N-dealkylation sites (tertiary alicyclic amines) is 2. The quantitative estimate of drug-likeness (QED) is 0.161. The number of hydrogen-bond acceptors (Lipinski definition) is 16. The molecule has 0 spiro atoms. The van der Waals surface area contributed by atoms with Crippen molar-refractivity contribution >= 4 is 33.4 Å². The summed E-state index contributed by atoms with van der Waals surface area (Å²) < 4.78 is 37.0. The molecule has 18 nitrogen and oxygen atoms in total. The van der Waals surface area contributed by atoms with Gasteiger partial charge in [0, 0.05) is 74.4 Å². The molecule has 0 amide bonds. The molecule has 6 aliphatic heterocycles. The highest BCUT2D eigenvalue weighted by atomic mass is 16.5. The Kier molecular flexibility index (Phi) is 14.1. The van der Waals surface area contributed by atoms with Crippen molar-refractivity contribution in [3.8, 4) is 23.7 Å². The smallest absolute Gasteiger partial charge is 0.320 e. The predicted molar refractivity (Wildman–Crippen MR) is 268 cm³/mol. The van der Waals surface area contributed by atoms with Gasteiger partial charge in [-0.25, -0.2) is 9.36 Å². The average molecular weight is 957 g/mol. The first kappa shape index (κ1) is 46.9. The molecule has 2 aromatic carbocycles. The molecule has 0 saturated carbocycles. The lowest BCUT2D eigenvalue weighted by Gasteiger charge is -2.36. The Hall–Kier alpha value is -5.50. The van der Waals surface area contributed by atoms with E-state index >= 15 is 0 Å². The van der Waals surface area contributed by atoms with Gasteiger partial charge in [0.05, 0.1) is 77.3 Å². The Bertz CT molecular complexity index is 2540. The largest absolute Gasteiger partial charge is 0.467 e. The molecule has 6 fully saturated rings. The third-order valence-electron chi connectivity index (χ3n) is 15.5. The molecular formula is C52H68N12O6. The number of aromatic nitrogens is 8. The Balaban J connectivity index is 0.000000152. The van der Waals surface area contributed by atoms with E-state index in [1.807, 2.05) is 33.9 Å². The van der Waals surface area contributed by atoms with Crippen molar-refractivity contribution in [3.05, 3.63) is 71.0 Å². The zero-order valence-electron chi connectivity index (χ0n) is 41.3. The van der Waals surface area contributed by atoms with Crippen LogP contribution in [0.1, 0.15) is 72.6 Å². The molecular weight excluding hydrogens is 889 g/mol. The van der Waals surface area contributed by atoms with Crippen LogP contribution in [-0.2, 0) is 18.9 Å². The van der Waals surface area contributed by atoms with E-state index in [-0.39, 0.29) is 0 Å². The fourth-order valence-corrected chi connectivity index (χ4v) is 11.5. The number of morpholine rings is 2. The van der Waals surface area contributed by atoms with E-state index < -0.39 is 0 Å². The van der Waals surface area contributed by atoms with Crippen molar-refractivity contribution in [2.75, 3.05) is 129 Å². The number of benzene rings is 2. The van der Waals surface area contributed by atoms with Crippen LogP contribution in [0.25, 0.3) is 33.4 Å². The minimum absolute atomic E-state index is 0.350. The summed E-state index contributed by atoms with van der Waals surface area (Å²) >= 11 is 0. The molecule has 10 heterocycles. The van der Waals surface area contributed by atoms with Crippen LogP contribution in [0.5, 0.6) is 12.0 Å². The van der Waals surface area contributed by atoms with Crippen molar-refractivity contribution in [2.24, 2.45) is 0 Å². The highest BCUT2D eigenvalue weighted by Gasteiger charge is 2.31. The van der Waals surface area contributed by atoms with Gasteiger partial charge >= 0.3 is 12.0 Å². The molecule has 0 radical (unpaired) electrons. The highest BCUT2D eigenvalue weighted by molar-refractivity contribution is 5.83. The summed E-state index contributed by atoms with van der Waals surface area (Å²) in [6, 6.07) is 15.1. The normalized spacial score (nSPS) is 22.2. The van der Waals surface area contributed by atoms with Gasteiger partial charge in [0.25, 0.3) is 0 Å². The van der Waals surface area contributed by atoms with Crippen LogP contribution in [0.2, 0.25) is 0 Å². The Morgan fingerprint density at radius 2 is 0.857 bits per heavy atom. The molecule has 6 saturated heterocycles. The van der Waals surface area contributed by atoms with Gasteiger partial charge in [0.15, 0.2) is 11.6 Å². The van der Waals surface area contributed by atoms with Crippen LogP contribution in [0.4, 0.5) is 11.6 Å². The molecule has 12 rings (SSSR count). The third-order valence-corrected chi connectivity index (χ3v) is 15.5. The van der Waals surface area contributed by atoms with E-state index in [0.29, 0.717) is 62.4 Å². The van der Waals surface area contributed by atoms with Crippen LogP contribution in [0, 0.1) is 13.8 Å². The molecule has 18 heteroatoms. The van der Waals surface area contributed by atoms with Crippen LogP contribution < -0.4 is 19.3 Å². The monoisotopic (exact) mass is 957 g/mol. The maximum absolute atomic E-state index is 5.62. The highest BCUT2D eigenvalue weighted by Crippen LogP contribution is 2.37. The lowest BCUT2D eigenvalue weighted by Crippen LogP contribution is -2.41. The maximum Gasteiger partial charge on any atom is 0.320 e. The lowest BCUT2D eigenvalue weighted by atomic mass is 9.86. The molecule has 6 aromatic rings. The molecule has 0 N–H and O–H groups in total. The fraction of sp³-hybridized carbons (Fsp3) is 0.577. The van der Waals surface area contributed by atoms with E-state index in [9.17, 15) is 0 Å². The summed E-state index contributed by atoms with van der Waals surface area (Å²) in [6.07, 6.45) is 10.9. The predicted octanol–water partition coefficient (Wildman–Crippen LogP) is 5.87. The second-order valence-electron chi connectivity index (χ2n) is 19.6. The van der Waals surface area contributed by atoms with Gasteiger partial charge in [0.1, 0.15) is 11.6 Å². The number of piperidine rings is 2. The summed E-state index contributed by atoms with van der Waals surface area (Å²) in [7, 11) is 3.21. The van der Waals surface area contributed by atoms with Gasteiger partial charge in [-0.05, 0) is 137 Å². The lowest BCUT2D eigenvalue weighted by molar-refractivity contribution is 0.122. The number of ether oxygens (including phenoxy) is 6. The topological polar surface area (TPSA) is 156 Å². The zero-order chi connectivity index (χ0) is 47.6. The number of anilines is 2. The Labute approximate surface area is 410 Å². The summed E-state index contributed by atoms with van der Waals surface area (Å²) in [5, 5.41) is 11.7. The van der Waals surface area contributed by atoms with Gasteiger partial charge in [0.2, 0.25) is 0 Å². The first-order valence-electron chi connectivity index (χ1n) is 25.5. The van der Waals surface area contributed by atoms with E-state index in [1.54, 1.807) is 14.2 Å². The first-order valence-corrected chi connectivity index (χ1v) is 25.5. The summed E-state index contributed by atoms with van der Waals surface area (Å²) in [4.78, 5) is 28.2.